The summed E-state index contributed by atoms with van der Waals surface area (Å²) in [5.41, 5.74) is 0. The molecule has 1 saturated heterocycles. The van der Waals surface area contributed by atoms with E-state index in [1.165, 1.54) is 20.0 Å². The summed E-state index contributed by atoms with van der Waals surface area (Å²) in [6.07, 6.45) is 1.71. The Balaban J connectivity index is 2.12. The Kier molecular flexibility index (Phi) is 6.47. The van der Waals surface area contributed by atoms with E-state index in [1.807, 2.05) is 0 Å². The third kappa shape index (κ3) is 6.00. The van der Waals surface area contributed by atoms with Gasteiger partial charge in [-0.2, -0.15) is 0 Å². The van der Waals surface area contributed by atoms with E-state index in [4.69, 9.17) is 4.74 Å². The average molecular weight is 244 g/mol. The third-order valence-electron chi connectivity index (χ3n) is 3.14. The summed E-state index contributed by atoms with van der Waals surface area (Å²) in [5.74, 6) is 0.757. The van der Waals surface area contributed by atoms with E-state index in [1.54, 1.807) is 0 Å². The fourth-order valence-corrected chi connectivity index (χ4v) is 1.96. The molecule has 0 radical (unpaired) electrons. The first kappa shape index (κ1) is 14.4. The molecule has 17 heavy (non-hydrogen) atoms. The third-order valence-corrected chi connectivity index (χ3v) is 3.14. The second-order valence-corrected chi connectivity index (χ2v) is 4.87. The number of ether oxygens (including phenoxy) is 1. The largest absolute Gasteiger partial charge is 0.389 e. The molecule has 0 spiro atoms. The molecule has 1 aliphatic rings. The van der Waals surface area contributed by atoms with Crippen LogP contribution in [0.1, 0.15) is 19.8 Å². The van der Waals surface area contributed by atoms with Crippen LogP contribution >= 0.6 is 0 Å². The van der Waals surface area contributed by atoms with Gasteiger partial charge in [-0.3, -0.25) is 9.69 Å². The number of carbonyl (C=O) groups is 1. The van der Waals surface area contributed by atoms with Crippen LogP contribution in [-0.4, -0.2) is 61.9 Å². The molecule has 0 aliphatic carbocycles. The molecule has 0 saturated carbocycles. The van der Waals surface area contributed by atoms with Gasteiger partial charge in [0.2, 0.25) is 5.91 Å². The van der Waals surface area contributed by atoms with E-state index in [9.17, 15) is 9.90 Å². The van der Waals surface area contributed by atoms with Crippen molar-refractivity contribution in [1.29, 1.82) is 0 Å². The first-order valence-corrected chi connectivity index (χ1v) is 6.28. The van der Waals surface area contributed by atoms with Crippen molar-refractivity contribution in [2.75, 3.05) is 39.9 Å². The Morgan fingerprint density at radius 3 is 2.76 bits per heavy atom. The van der Waals surface area contributed by atoms with E-state index in [2.05, 4.69) is 17.1 Å². The maximum Gasteiger partial charge on any atom is 0.234 e. The standard InChI is InChI=1S/C12H24N2O3/c1-10-3-5-14(6-4-10)8-12(16)13-7-11(15)9-17-2/h10-11,15H,3-9H2,1-2H3,(H,13,16). The van der Waals surface area contributed by atoms with E-state index < -0.39 is 6.10 Å². The monoisotopic (exact) mass is 244 g/mol. The number of carbonyl (C=O) groups excluding carboxylic acids is 1. The van der Waals surface area contributed by atoms with Crippen LogP contribution < -0.4 is 5.32 Å². The molecule has 5 nitrogen and oxygen atoms in total. The summed E-state index contributed by atoms with van der Waals surface area (Å²) in [6.45, 7) is 5.19. The second-order valence-electron chi connectivity index (χ2n) is 4.87. The molecular weight excluding hydrogens is 220 g/mol. The number of hydrogen-bond acceptors (Lipinski definition) is 4. The smallest absolute Gasteiger partial charge is 0.234 e. The molecule has 1 aliphatic heterocycles. The Hall–Kier alpha value is -0.650. The first-order valence-electron chi connectivity index (χ1n) is 6.28. The van der Waals surface area contributed by atoms with Crippen molar-refractivity contribution in [2.45, 2.75) is 25.9 Å². The van der Waals surface area contributed by atoms with Crippen molar-refractivity contribution in [1.82, 2.24) is 10.2 Å². The van der Waals surface area contributed by atoms with Gasteiger partial charge in [-0.15, -0.1) is 0 Å². The number of piperidine rings is 1. The second kappa shape index (κ2) is 7.63. The Labute approximate surface area is 103 Å². The van der Waals surface area contributed by atoms with Gasteiger partial charge in [0, 0.05) is 13.7 Å². The van der Waals surface area contributed by atoms with Crippen LogP contribution in [0.5, 0.6) is 0 Å². The highest BCUT2D eigenvalue weighted by Crippen LogP contribution is 2.15. The van der Waals surface area contributed by atoms with Crippen LogP contribution in [0, 0.1) is 5.92 Å². The van der Waals surface area contributed by atoms with Gasteiger partial charge in [-0.05, 0) is 31.8 Å². The highest BCUT2D eigenvalue weighted by atomic mass is 16.5. The van der Waals surface area contributed by atoms with Crippen molar-refractivity contribution >= 4 is 5.91 Å². The average Bonchev–Trinajstić information content (AvgIpc) is 2.30. The van der Waals surface area contributed by atoms with Crippen LogP contribution in [0.2, 0.25) is 0 Å². The lowest BCUT2D eigenvalue weighted by Crippen LogP contribution is -2.43. The topological polar surface area (TPSA) is 61.8 Å². The summed E-state index contributed by atoms with van der Waals surface area (Å²) in [4.78, 5) is 13.8. The van der Waals surface area contributed by atoms with Crippen molar-refractivity contribution < 1.29 is 14.6 Å². The van der Waals surface area contributed by atoms with E-state index in [-0.39, 0.29) is 19.1 Å². The molecule has 1 atom stereocenters. The van der Waals surface area contributed by atoms with Gasteiger partial charge in [0.15, 0.2) is 0 Å². The number of nitrogens with zero attached hydrogens (tertiary/aromatic N) is 1. The van der Waals surface area contributed by atoms with Crippen LogP contribution in [-0.2, 0) is 9.53 Å². The molecule has 1 unspecified atom stereocenters. The minimum atomic E-state index is -0.620. The minimum Gasteiger partial charge on any atom is -0.389 e. The maximum atomic E-state index is 11.6. The van der Waals surface area contributed by atoms with Crippen LogP contribution in [0.25, 0.3) is 0 Å². The molecule has 0 aromatic rings. The van der Waals surface area contributed by atoms with Crippen molar-refractivity contribution in [3.63, 3.8) is 0 Å². The van der Waals surface area contributed by atoms with Gasteiger partial charge in [0.1, 0.15) is 0 Å². The fraction of sp³-hybridized carbons (Fsp3) is 0.917. The first-order chi connectivity index (χ1) is 8.11. The summed E-state index contributed by atoms with van der Waals surface area (Å²) in [7, 11) is 1.53. The number of methoxy groups -OCH3 is 1. The predicted octanol–water partition coefficient (Wildman–Crippen LogP) is -0.158. The summed E-state index contributed by atoms with van der Waals surface area (Å²) >= 11 is 0. The minimum absolute atomic E-state index is 0.0188. The molecule has 0 bridgehead atoms. The van der Waals surface area contributed by atoms with Crippen molar-refractivity contribution in [3.05, 3.63) is 0 Å². The molecule has 1 heterocycles. The zero-order valence-electron chi connectivity index (χ0n) is 10.8. The highest BCUT2D eigenvalue weighted by molar-refractivity contribution is 5.78. The molecule has 100 valence electrons. The number of rotatable bonds is 6. The van der Waals surface area contributed by atoms with Gasteiger partial charge < -0.3 is 15.2 Å². The predicted molar refractivity (Wildman–Crippen MR) is 65.7 cm³/mol. The normalized spacial score (nSPS) is 20.2. The number of likely N-dealkylation sites (tertiary alicyclic amines) is 1. The lowest BCUT2D eigenvalue weighted by Gasteiger charge is -2.29. The number of aliphatic hydroxyl groups is 1. The van der Waals surface area contributed by atoms with Crippen LogP contribution in [0.15, 0.2) is 0 Å². The zero-order valence-corrected chi connectivity index (χ0v) is 10.8. The highest BCUT2D eigenvalue weighted by Gasteiger charge is 2.18. The van der Waals surface area contributed by atoms with Crippen LogP contribution in [0.3, 0.4) is 0 Å². The maximum absolute atomic E-state index is 11.6. The molecule has 0 aromatic carbocycles. The lowest BCUT2D eigenvalue weighted by atomic mass is 9.99. The van der Waals surface area contributed by atoms with Crippen molar-refractivity contribution in [2.24, 2.45) is 5.92 Å². The Morgan fingerprint density at radius 2 is 2.18 bits per heavy atom. The van der Waals surface area contributed by atoms with Gasteiger partial charge in [0.25, 0.3) is 0 Å². The fourth-order valence-electron chi connectivity index (χ4n) is 1.96. The van der Waals surface area contributed by atoms with Gasteiger partial charge in [0.05, 0.1) is 19.3 Å². The summed E-state index contributed by atoms with van der Waals surface area (Å²) in [5, 5.41) is 12.1. The van der Waals surface area contributed by atoms with Gasteiger partial charge >= 0.3 is 0 Å². The van der Waals surface area contributed by atoms with Gasteiger partial charge in [-0.1, -0.05) is 6.92 Å². The van der Waals surface area contributed by atoms with E-state index in [0.29, 0.717) is 6.54 Å². The molecule has 1 rings (SSSR count). The molecular formula is C12H24N2O3. The van der Waals surface area contributed by atoms with Crippen LogP contribution in [0.4, 0.5) is 0 Å². The summed E-state index contributed by atoms with van der Waals surface area (Å²) < 4.78 is 4.79. The number of amides is 1. The molecule has 0 aromatic heterocycles. The molecule has 2 N–H and O–H groups in total. The zero-order chi connectivity index (χ0) is 12.7. The SMILES string of the molecule is COCC(O)CNC(=O)CN1CCC(C)CC1. The quantitative estimate of drug-likeness (QED) is 0.682. The van der Waals surface area contributed by atoms with E-state index in [0.717, 1.165) is 19.0 Å². The number of hydrogen-bond donors (Lipinski definition) is 2. The lowest BCUT2D eigenvalue weighted by molar-refractivity contribution is -0.123. The van der Waals surface area contributed by atoms with Gasteiger partial charge in [-0.25, -0.2) is 0 Å². The summed E-state index contributed by atoms with van der Waals surface area (Å²) in [6, 6.07) is 0. The Morgan fingerprint density at radius 1 is 1.53 bits per heavy atom. The number of aliphatic hydroxyl groups excluding tert-OH is 1. The Bertz CT molecular complexity index is 228. The molecule has 1 amide bonds. The molecule has 1 fully saturated rings. The molecule has 5 heteroatoms. The van der Waals surface area contributed by atoms with E-state index >= 15 is 0 Å². The van der Waals surface area contributed by atoms with Crippen molar-refractivity contribution in [3.8, 4) is 0 Å². The number of nitrogens with one attached hydrogen (secondary N) is 1.